The summed E-state index contributed by atoms with van der Waals surface area (Å²) in [4.78, 5) is 23.6. The number of ether oxygens (including phenoxy) is 1. The van der Waals surface area contributed by atoms with E-state index in [1.807, 2.05) is 20.8 Å². The second-order valence-corrected chi connectivity index (χ2v) is 5.79. The first-order valence-electron chi connectivity index (χ1n) is 6.53. The number of hydrogen-bond acceptors (Lipinski definition) is 4. The van der Waals surface area contributed by atoms with Crippen LogP contribution in [0.4, 0.5) is 5.69 Å². The average Bonchev–Trinajstić information content (AvgIpc) is 2.26. The van der Waals surface area contributed by atoms with Crippen LogP contribution in [0.15, 0.2) is 24.3 Å². The molecule has 1 unspecified atom stereocenters. The molecule has 20 heavy (non-hydrogen) atoms. The molecule has 1 rings (SSSR count). The molecule has 0 fully saturated rings. The zero-order valence-electron chi connectivity index (χ0n) is 12.4. The number of carbonyl (C=O) groups excluding carboxylic acids is 2. The maximum absolute atomic E-state index is 11.8. The Balaban J connectivity index is 2.52. The molecule has 1 aromatic rings. The summed E-state index contributed by atoms with van der Waals surface area (Å²) >= 11 is 0. The van der Waals surface area contributed by atoms with E-state index in [-0.39, 0.29) is 17.9 Å². The summed E-state index contributed by atoms with van der Waals surface area (Å²) in [6.45, 7) is 7.16. The minimum atomic E-state index is -0.817. The minimum Gasteiger partial charge on any atom is -0.452 e. The molecule has 5 nitrogen and oxygen atoms in total. The van der Waals surface area contributed by atoms with Crippen LogP contribution in [0.1, 0.15) is 33.3 Å². The number of esters is 1. The van der Waals surface area contributed by atoms with Crippen LogP contribution in [-0.2, 0) is 20.7 Å². The van der Waals surface area contributed by atoms with E-state index in [9.17, 15) is 9.59 Å². The third-order valence-corrected chi connectivity index (χ3v) is 2.48. The van der Waals surface area contributed by atoms with Crippen molar-refractivity contribution in [2.75, 3.05) is 5.73 Å². The molecular weight excluding hydrogens is 256 g/mol. The lowest BCUT2D eigenvalue weighted by molar-refractivity contribution is -0.154. The molecule has 0 aliphatic rings. The van der Waals surface area contributed by atoms with Gasteiger partial charge in [-0.25, -0.2) is 0 Å². The van der Waals surface area contributed by atoms with Gasteiger partial charge in [-0.3, -0.25) is 9.59 Å². The van der Waals surface area contributed by atoms with Crippen molar-refractivity contribution in [3.05, 3.63) is 29.8 Å². The topological polar surface area (TPSA) is 81.4 Å². The van der Waals surface area contributed by atoms with Crippen molar-refractivity contribution in [2.45, 2.75) is 45.8 Å². The van der Waals surface area contributed by atoms with E-state index in [0.717, 1.165) is 5.56 Å². The van der Waals surface area contributed by atoms with Crippen molar-refractivity contribution in [1.29, 1.82) is 0 Å². The molecule has 0 aromatic heterocycles. The van der Waals surface area contributed by atoms with Gasteiger partial charge in [0.05, 0.1) is 6.42 Å². The number of nitrogen functional groups attached to an aromatic ring is 1. The standard InChI is InChI=1S/C15H22N2O3/c1-10(14(19)17-15(2,3)4)20-13(18)9-11-6-5-7-12(16)8-11/h5-8,10H,9,16H2,1-4H3,(H,17,19). The molecule has 1 amide bonds. The first kappa shape index (κ1) is 16.0. The van der Waals surface area contributed by atoms with E-state index < -0.39 is 12.1 Å². The second-order valence-electron chi connectivity index (χ2n) is 5.79. The Hall–Kier alpha value is -2.04. The number of amides is 1. The van der Waals surface area contributed by atoms with Gasteiger partial charge in [0.1, 0.15) is 0 Å². The van der Waals surface area contributed by atoms with E-state index in [0.29, 0.717) is 5.69 Å². The number of carbonyl (C=O) groups is 2. The molecule has 0 aliphatic heterocycles. The highest BCUT2D eigenvalue weighted by molar-refractivity contribution is 5.84. The van der Waals surface area contributed by atoms with E-state index in [1.165, 1.54) is 0 Å². The molecule has 1 aromatic carbocycles. The lowest BCUT2D eigenvalue weighted by Crippen LogP contribution is -2.46. The predicted octanol–water partition coefficient (Wildman–Crippen LogP) is 1.66. The maximum Gasteiger partial charge on any atom is 0.311 e. The van der Waals surface area contributed by atoms with Crippen molar-refractivity contribution in [2.24, 2.45) is 0 Å². The Labute approximate surface area is 119 Å². The molecule has 0 spiro atoms. The highest BCUT2D eigenvalue weighted by Crippen LogP contribution is 2.09. The van der Waals surface area contributed by atoms with Crippen molar-refractivity contribution >= 4 is 17.6 Å². The normalized spacial score (nSPS) is 12.6. The number of nitrogens with two attached hydrogens (primary N) is 1. The number of anilines is 1. The Bertz CT molecular complexity index is 492. The monoisotopic (exact) mass is 278 g/mol. The van der Waals surface area contributed by atoms with Crippen LogP contribution in [0.3, 0.4) is 0 Å². The van der Waals surface area contributed by atoms with Crippen LogP contribution in [0.2, 0.25) is 0 Å². The number of benzene rings is 1. The maximum atomic E-state index is 11.8. The van der Waals surface area contributed by atoms with Gasteiger partial charge in [-0.2, -0.15) is 0 Å². The van der Waals surface area contributed by atoms with Crippen LogP contribution in [0.25, 0.3) is 0 Å². The third-order valence-electron chi connectivity index (χ3n) is 2.48. The van der Waals surface area contributed by atoms with Gasteiger partial charge in [-0.1, -0.05) is 12.1 Å². The lowest BCUT2D eigenvalue weighted by Gasteiger charge is -2.23. The fraction of sp³-hybridized carbons (Fsp3) is 0.467. The summed E-state index contributed by atoms with van der Waals surface area (Å²) in [5.41, 5.74) is 6.64. The molecule has 110 valence electrons. The molecular formula is C15H22N2O3. The summed E-state index contributed by atoms with van der Waals surface area (Å²) in [7, 11) is 0. The summed E-state index contributed by atoms with van der Waals surface area (Å²) in [6.07, 6.45) is -0.721. The first-order chi connectivity index (χ1) is 9.17. The second kappa shape index (κ2) is 6.41. The van der Waals surface area contributed by atoms with E-state index in [4.69, 9.17) is 10.5 Å². The number of hydrogen-bond donors (Lipinski definition) is 2. The van der Waals surface area contributed by atoms with Crippen molar-refractivity contribution in [1.82, 2.24) is 5.32 Å². The van der Waals surface area contributed by atoms with E-state index in [2.05, 4.69) is 5.32 Å². The summed E-state index contributed by atoms with van der Waals surface area (Å²) in [6, 6.07) is 7.01. The molecule has 5 heteroatoms. The minimum absolute atomic E-state index is 0.0954. The molecule has 0 bridgehead atoms. The SMILES string of the molecule is CC(OC(=O)Cc1cccc(N)c1)C(=O)NC(C)(C)C. The highest BCUT2D eigenvalue weighted by Gasteiger charge is 2.22. The number of nitrogens with one attached hydrogen (secondary N) is 1. The first-order valence-corrected chi connectivity index (χ1v) is 6.53. The molecule has 3 N–H and O–H groups in total. The Morgan fingerprint density at radius 2 is 2.00 bits per heavy atom. The van der Waals surface area contributed by atoms with Gasteiger partial charge in [0.2, 0.25) is 0 Å². The Kier molecular flexibility index (Phi) is 5.13. The molecule has 0 radical (unpaired) electrons. The van der Waals surface area contributed by atoms with Crippen LogP contribution in [0, 0.1) is 0 Å². The Morgan fingerprint density at radius 3 is 2.55 bits per heavy atom. The van der Waals surface area contributed by atoms with E-state index in [1.54, 1.807) is 31.2 Å². The van der Waals surface area contributed by atoms with E-state index >= 15 is 0 Å². The van der Waals surface area contributed by atoms with Gasteiger partial charge in [0.15, 0.2) is 6.10 Å². The van der Waals surface area contributed by atoms with Crippen molar-refractivity contribution < 1.29 is 14.3 Å². The predicted molar refractivity (Wildman–Crippen MR) is 78.0 cm³/mol. The van der Waals surface area contributed by atoms with Gasteiger partial charge in [-0.05, 0) is 45.4 Å². The van der Waals surface area contributed by atoms with Crippen molar-refractivity contribution in [3.63, 3.8) is 0 Å². The quantitative estimate of drug-likeness (QED) is 0.648. The Morgan fingerprint density at radius 1 is 1.35 bits per heavy atom. The summed E-state index contributed by atoms with van der Waals surface area (Å²) in [5.74, 6) is -0.759. The highest BCUT2D eigenvalue weighted by atomic mass is 16.5. The van der Waals surface area contributed by atoms with Crippen LogP contribution >= 0.6 is 0 Å². The van der Waals surface area contributed by atoms with Crippen LogP contribution in [-0.4, -0.2) is 23.5 Å². The fourth-order valence-corrected chi connectivity index (χ4v) is 1.63. The average molecular weight is 278 g/mol. The molecule has 0 saturated heterocycles. The largest absolute Gasteiger partial charge is 0.452 e. The summed E-state index contributed by atoms with van der Waals surface area (Å²) < 4.78 is 5.11. The molecule has 0 aliphatic carbocycles. The van der Waals surface area contributed by atoms with Gasteiger partial charge in [0, 0.05) is 11.2 Å². The molecule has 0 saturated carbocycles. The summed E-state index contributed by atoms with van der Waals surface area (Å²) in [5, 5.41) is 2.76. The van der Waals surface area contributed by atoms with Gasteiger partial charge in [0.25, 0.3) is 5.91 Å². The van der Waals surface area contributed by atoms with Gasteiger partial charge in [-0.15, -0.1) is 0 Å². The number of rotatable bonds is 4. The molecule has 0 heterocycles. The van der Waals surface area contributed by atoms with Gasteiger partial charge >= 0.3 is 5.97 Å². The van der Waals surface area contributed by atoms with Gasteiger partial charge < -0.3 is 15.8 Å². The zero-order valence-corrected chi connectivity index (χ0v) is 12.4. The lowest BCUT2D eigenvalue weighted by atomic mass is 10.1. The molecule has 1 atom stereocenters. The third kappa shape index (κ3) is 5.73. The smallest absolute Gasteiger partial charge is 0.311 e. The fourth-order valence-electron chi connectivity index (χ4n) is 1.63. The van der Waals surface area contributed by atoms with Crippen LogP contribution < -0.4 is 11.1 Å². The zero-order chi connectivity index (χ0) is 15.3. The van der Waals surface area contributed by atoms with Crippen LogP contribution in [0.5, 0.6) is 0 Å². The van der Waals surface area contributed by atoms with Crippen molar-refractivity contribution in [3.8, 4) is 0 Å².